The number of piperazine rings is 1. The highest BCUT2D eigenvalue weighted by molar-refractivity contribution is 6.33. The number of nitrogens with one attached hydrogen (secondary N) is 1. The second-order valence-corrected chi connectivity index (χ2v) is 5.99. The molecule has 5 heteroatoms. The van der Waals surface area contributed by atoms with Crippen molar-refractivity contribution in [2.75, 3.05) is 46.3 Å². The van der Waals surface area contributed by atoms with E-state index in [1.165, 1.54) is 0 Å². The molecule has 0 unspecified atom stereocenters. The molecule has 116 valence electrons. The summed E-state index contributed by atoms with van der Waals surface area (Å²) >= 11 is 6.00. The van der Waals surface area contributed by atoms with Crippen LogP contribution in [0.5, 0.6) is 0 Å². The van der Waals surface area contributed by atoms with Gasteiger partial charge in [-0.05, 0) is 38.6 Å². The molecule has 1 heterocycles. The molecule has 1 aliphatic rings. The van der Waals surface area contributed by atoms with Crippen molar-refractivity contribution in [2.45, 2.75) is 12.8 Å². The van der Waals surface area contributed by atoms with E-state index >= 15 is 0 Å². The molecule has 0 saturated carbocycles. The highest BCUT2D eigenvalue weighted by atomic mass is 35.5. The van der Waals surface area contributed by atoms with Crippen molar-refractivity contribution < 1.29 is 4.79 Å². The lowest BCUT2D eigenvalue weighted by Crippen LogP contribution is -2.44. The lowest BCUT2D eigenvalue weighted by Gasteiger charge is -2.32. The van der Waals surface area contributed by atoms with E-state index in [9.17, 15) is 4.79 Å². The highest BCUT2D eigenvalue weighted by Crippen LogP contribution is 2.14. The van der Waals surface area contributed by atoms with Gasteiger partial charge in [-0.2, -0.15) is 0 Å². The average molecular weight is 310 g/mol. The molecule has 2 rings (SSSR count). The van der Waals surface area contributed by atoms with Gasteiger partial charge in [0, 0.05) is 32.7 Å². The number of carbonyl (C=O) groups is 1. The highest BCUT2D eigenvalue weighted by Gasteiger charge is 2.13. The molecule has 0 radical (unpaired) electrons. The molecule has 1 amide bonds. The number of carbonyl (C=O) groups excluding carboxylic acids is 1. The Hall–Kier alpha value is -1.10. The SMILES string of the molecule is CN1CCN(CCCCNC(=O)c2ccccc2Cl)CC1. The summed E-state index contributed by atoms with van der Waals surface area (Å²) in [6.07, 6.45) is 2.12. The van der Waals surface area contributed by atoms with Crippen LogP contribution in [0.4, 0.5) is 0 Å². The Bertz CT molecular complexity index is 459. The second kappa shape index (κ2) is 8.37. The summed E-state index contributed by atoms with van der Waals surface area (Å²) in [5.41, 5.74) is 0.554. The Kier molecular flexibility index (Phi) is 6.49. The van der Waals surface area contributed by atoms with E-state index in [0.29, 0.717) is 17.1 Å². The first-order chi connectivity index (χ1) is 10.2. The largest absolute Gasteiger partial charge is 0.352 e. The molecule has 0 bridgehead atoms. The van der Waals surface area contributed by atoms with Crippen LogP contribution in [0.2, 0.25) is 5.02 Å². The molecule has 4 nitrogen and oxygen atoms in total. The van der Waals surface area contributed by atoms with Gasteiger partial charge in [0.1, 0.15) is 0 Å². The molecule has 1 N–H and O–H groups in total. The summed E-state index contributed by atoms with van der Waals surface area (Å²) in [5, 5.41) is 3.44. The minimum atomic E-state index is -0.0832. The Morgan fingerprint density at radius 1 is 1.19 bits per heavy atom. The van der Waals surface area contributed by atoms with E-state index in [-0.39, 0.29) is 5.91 Å². The maximum Gasteiger partial charge on any atom is 0.252 e. The summed E-state index contributed by atoms with van der Waals surface area (Å²) in [6.45, 7) is 6.45. The number of hydrogen-bond acceptors (Lipinski definition) is 3. The Labute approximate surface area is 132 Å². The molecule has 0 aliphatic carbocycles. The molecule has 0 aromatic heterocycles. The van der Waals surface area contributed by atoms with E-state index in [2.05, 4.69) is 22.2 Å². The molecule has 1 fully saturated rings. The molecule has 1 aromatic rings. The third-order valence-corrected chi connectivity index (χ3v) is 4.23. The summed E-state index contributed by atoms with van der Waals surface area (Å²) < 4.78 is 0. The van der Waals surface area contributed by atoms with Gasteiger partial charge in [0.2, 0.25) is 0 Å². The van der Waals surface area contributed by atoms with E-state index in [1.54, 1.807) is 12.1 Å². The van der Waals surface area contributed by atoms with Gasteiger partial charge in [0.25, 0.3) is 5.91 Å². The third-order valence-electron chi connectivity index (χ3n) is 3.90. The molecule has 21 heavy (non-hydrogen) atoms. The van der Waals surface area contributed by atoms with Crippen molar-refractivity contribution in [3.8, 4) is 0 Å². The van der Waals surface area contributed by atoms with Crippen LogP contribution >= 0.6 is 11.6 Å². The topological polar surface area (TPSA) is 35.6 Å². The van der Waals surface area contributed by atoms with Crippen LogP contribution < -0.4 is 5.32 Å². The van der Waals surface area contributed by atoms with E-state index < -0.39 is 0 Å². The Morgan fingerprint density at radius 3 is 2.62 bits per heavy atom. The van der Waals surface area contributed by atoms with E-state index in [1.807, 2.05) is 12.1 Å². The van der Waals surface area contributed by atoms with Crippen LogP contribution in [-0.4, -0.2) is 62.0 Å². The van der Waals surface area contributed by atoms with Crippen LogP contribution in [0.25, 0.3) is 0 Å². The minimum absolute atomic E-state index is 0.0832. The molecule has 1 aromatic carbocycles. The van der Waals surface area contributed by atoms with Gasteiger partial charge in [-0.25, -0.2) is 0 Å². The standard InChI is InChI=1S/C16H24ClN3O/c1-19-10-12-20(13-11-19)9-5-4-8-18-16(21)14-6-2-3-7-15(14)17/h2-3,6-7H,4-5,8-13H2,1H3,(H,18,21). The van der Waals surface area contributed by atoms with Crippen LogP contribution in [0, 0.1) is 0 Å². The van der Waals surface area contributed by atoms with Gasteiger partial charge in [0.05, 0.1) is 10.6 Å². The van der Waals surface area contributed by atoms with Crippen molar-refractivity contribution in [3.63, 3.8) is 0 Å². The quantitative estimate of drug-likeness (QED) is 0.818. The number of unbranched alkanes of at least 4 members (excludes halogenated alkanes) is 1. The van der Waals surface area contributed by atoms with Crippen LogP contribution in [-0.2, 0) is 0 Å². The predicted molar refractivity (Wildman–Crippen MR) is 87.0 cm³/mol. The van der Waals surface area contributed by atoms with Crippen molar-refractivity contribution in [1.82, 2.24) is 15.1 Å². The minimum Gasteiger partial charge on any atom is -0.352 e. The zero-order chi connectivity index (χ0) is 15.1. The van der Waals surface area contributed by atoms with Crippen molar-refractivity contribution >= 4 is 17.5 Å². The van der Waals surface area contributed by atoms with Gasteiger partial charge < -0.3 is 15.1 Å². The third kappa shape index (κ3) is 5.30. The fraction of sp³-hybridized carbons (Fsp3) is 0.562. The zero-order valence-electron chi connectivity index (χ0n) is 12.6. The fourth-order valence-corrected chi connectivity index (χ4v) is 2.70. The van der Waals surface area contributed by atoms with Crippen LogP contribution in [0.3, 0.4) is 0 Å². The monoisotopic (exact) mass is 309 g/mol. The maximum absolute atomic E-state index is 12.0. The second-order valence-electron chi connectivity index (χ2n) is 5.59. The van der Waals surface area contributed by atoms with Crippen LogP contribution in [0.15, 0.2) is 24.3 Å². The van der Waals surface area contributed by atoms with E-state index in [0.717, 1.165) is 45.6 Å². The Balaban J connectivity index is 1.60. The molecule has 1 aliphatic heterocycles. The van der Waals surface area contributed by atoms with Gasteiger partial charge >= 0.3 is 0 Å². The first-order valence-electron chi connectivity index (χ1n) is 7.60. The summed E-state index contributed by atoms with van der Waals surface area (Å²) in [4.78, 5) is 16.8. The van der Waals surface area contributed by atoms with Gasteiger partial charge in [-0.3, -0.25) is 4.79 Å². The van der Waals surface area contributed by atoms with Crippen molar-refractivity contribution in [3.05, 3.63) is 34.9 Å². The lowest BCUT2D eigenvalue weighted by atomic mass is 10.2. The van der Waals surface area contributed by atoms with Crippen molar-refractivity contribution in [2.24, 2.45) is 0 Å². The molecular formula is C16H24ClN3O. The molecule has 1 saturated heterocycles. The molecular weight excluding hydrogens is 286 g/mol. The van der Waals surface area contributed by atoms with Gasteiger partial charge in [-0.15, -0.1) is 0 Å². The predicted octanol–water partition coefficient (Wildman–Crippen LogP) is 2.10. The maximum atomic E-state index is 12.0. The van der Waals surface area contributed by atoms with E-state index in [4.69, 9.17) is 11.6 Å². The first kappa shape index (κ1) is 16.3. The zero-order valence-corrected chi connectivity index (χ0v) is 13.4. The van der Waals surface area contributed by atoms with Crippen molar-refractivity contribution in [1.29, 1.82) is 0 Å². The molecule has 0 atom stereocenters. The lowest BCUT2D eigenvalue weighted by molar-refractivity contribution is 0.0952. The van der Waals surface area contributed by atoms with Crippen LogP contribution in [0.1, 0.15) is 23.2 Å². The van der Waals surface area contributed by atoms with Gasteiger partial charge in [0.15, 0.2) is 0 Å². The number of rotatable bonds is 6. The fourth-order valence-electron chi connectivity index (χ4n) is 2.47. The summed E-state index contributed by atoms with van der Waals surface area (Å²) in [6, 6.07) is 7.15. The number of likely N-dealkylation sites (N-methyl/N-ethyl adjacent to an activating group) is 1. The number of amides is 1. The number of halogens is 1. The first-order valence-corrected chi connectivity index (χ1v) is 7.98. The molecule has 0 spiro atoms. The Morgan fingerprint density at radius 2 is 1.90 bits per heavy atom. The number of nitrogens with zero attached hydrogens (tertiary/aromatic N) is 2. The summed E-state index contributed by atoms with van der Waals surface area (Å²) in [5.74, 6) is -0.0832. The smallest absolute Gasteiger partial charge is 0.252 e. The van der Waals surface area contributed by atoms with Gasteiger partial charge in [-0.1, -0.05) is 23.7 Å². The summed E-state index contributed by atoms with van der Waals surface area (Å²) in [7, 11) is 2.17. The number of benzene rings is 1. The number of hydrogen-bond donors (Lipinski definition) is 1. The average Bonchev–Trinajstić information content (AvgIpc) is 2.49. The normalized spacial score (nSPS) is 16.9.